The van der Waals surface area contributed by atoms with Gasteiger partial charge >= 0.3 is 0 Å². The standard InChI is InChI=1S/C22H46N2O/c1-5-7-9-11-13-15-17-19-24(22-25-21-20-23(3)4)18-16-14-12-10-8-6-2/h5H,1,6-22H2,2-4H3. The van der Waals surface area contributed by atoms with Crippen LogP contribution in [0.15, 0.2) is 12.7 Å². The summed E-state index contributed by atoms with van der Waals surface area (Å²) < 4.78 is 5.89. The Hall–Kier alpha value is -0.380. The van der Waals surface area contributed by atoms with Gasteiger partial charge in [0.2, 0.25) is 0 Å². The molecule has 0 rings (SSSR count). The molecule has 0 N–H and O–H groups in total. The number of hydrogen-bond acceptors (Lipinski definition) is 3. The first-order valence-electron chi connectivity index (χ1n) is 10.8. The van der Waals surface area contributed by atoms with E-state index in [0.717, 1.165) is 19.9 Å². The van der Waals surface area contributed by atoms with Crippen LogP contribution in [0, 0.1) is 0 Å². The summed E-state index contributed by atoms with van der Waals surface area (Å²) in [4.78, 5) is 4.71. The second-order valence-corrected chi connectivity index (χ2v) is 7.57. The van der Waals surface area contributed by atoms with Crippen LogP contribution in [-0.2, 0) is 4.74 Å². The summed E-state index contributed by atoms with van der Waals surface area (Å²) >= 11 is 0. The molecule has 0 aromatic carbocycles. The Bertz CT molecular complexity index is 269. The van der Waals surface area contributed by atoms with Crippen molar-refractivity contribution in [1.82, 2.24) is 9.80 Å². The van der Waals surface area contributed by atoms with Crippen molar-refractivity contribution in [2.45, 2.75) is 84.0 Å². The Kier molecular flexibility index (Phi) is 19.6. The molecule has 0 unspecified atom stereocenters. The predicted octanol–water partition coefficient (Wildman–Crippen LogP) is 5.71. The molecule has 3 nitrogen and oxygen atoms in total. The van der Waals surface area contributed by atoms with Crippen molar-refractivity contribution in [3.63, 3.8) is 0 Å². The van der Waals surface area contributed by atoms with Gasteiger partial charge in [0.05, 0.1) is 13.3 Å². The van der Waals surface area contributed by atoms with Gasteiger partial charge in [-0.05, 0) is 39.8 Å². The maximum absolute atomic E-state index is 5.89. The van der Waals surface area contributed by atoms with Gasteiger partial charge in [-0.15, -0.1) is 6.58 Å². The molecular weight excluding hydrogens is 308 g/mol. The quantitative estimate of drug-likeness (QED) is 0.158. The van der Waals surface area contributed by atoms with E-state index in [-0.39, 0.29) is 0 Å². The highest BCUT2D eigenvalue weighted by Crippen LogP contribution is 2.09. The summed E-state index contributed by atoms with van der Waals surface area (Å²) in [7, 11) is 4.20. The van der Waals surface area contributed by atoms with Crippen molar-refractivity contribution in [3.05, 3.63) is 12.7 Å². The smallest absolute Gasteiger partial charge is 0.0990 e. The van der Waals surface area contributed by atoms with Gasteiger partial charge < -0.3 is 9.64 Å². The van der Waals surface area contributed by atoms with E-state index in [4.69, 9.17) is 4.74 Å². The van der Waals surface area contributed by atoms with Crippen molar-refractivity contribution >= 4 is 0 Å². The number of allylic oxidation sites excluding steroid dienone is 1. The number of rotatable bonds is 20. The average molecular weight is 355 g/mol. The highest BCUT2D eigenvalue weighted by Gasteiger charge is 2.05. The highest BCUT2D eigenvalue weighted by atomic mass is 16.5. The molecule has 0 amide bonds. The van der Waals surface area contributed by atoms with E-state index in [1.54, 1.807) is 0 Å². The molecule has 0 radical (unpaired) electrons. The Morgan fingerprint density at radius 1 is 0.760 bits per heavy atom. The fourth-order valence-corrected chi connectivity index (χ4v) is 2.95. The topological polar surface area (TPSA) is 15.7 Å². The lowest BCUT2D eigenvalue weighted by Crippen LogP contribution is -2.30. The molecule has 0 saturated carbocycles. The van der Waals surface area contributed by atoms with Gasteiger partial charge in [0, 0.05) is 19.6 Å². The first kappa shape index (κ1) is 24.6. The molecule has 3 heteroatoms. The van der Waals surface area contributed by atoms with Crippen LogP contribution in [0.4, 0.5) is 0 Å². The lowest BCUT2D eigenvalue weighted by Gasteiger charge is -2.23. The third kappa shape index (κ3) is 19.8. The van der Waals surface area contributed by atoms with E-state index >= 15 is 0 Å². The molecule has 0 spiro atoms. The van der Waals surface area contributed by atoms with Gasteiger partial charge in [0.1, 0.15) is 0 Å². The van der Waals surface area contributed by atoms with Gasteiger partial charge in [-0.2, -0.15) is 0 Å². The van der Waals surface area contributed by atoms with Crippen molar-refractivity contribution in [3.8, 4) is 0 Å². The molecule has 0 atom stereocenters. The molecule has 150 valence electrons. The van der Waals surface area contributed by atoms with Crippen molar-refractivity contribution in [1.29, 1.82) is 0 Å². The monoisotopic (exact) mass is 354 g/mol. The molecule has 25 heavy (non-hydrogen) atoms. The van der Waals surface area contributed by atoms with Gasteiger partial charge in [0.25, 0.3) is 0 Å². The van der Waals surface area contributed by atoms with E-state index < -0.39 is 0 Å². The summed E-state index contributed by atoms with van der Waals surface area (Å²) in [6.45, 7) is 11.1. The van der Waals surface area contributed by atoms with Crippen LogP contribution in [0.3, 0.4) is 0 Å². The van der Waals surface area contributed by atoms with Crippen molar-refractivity contribution in [2.75, 3.05) is 47.1 Å². The zero-order valence-electron chi connectivity index (χ0n) is 17.6. The zero-order chi connectivity index (χ0) is 18.6. The minimum atomic E-state index is 0.805. The lowest BCUT2D eigenvalue weighted by molar-refractivity contribution is 0.0207. The molecule has 0 fully saturated rings. The molecule has 0 aromatic rings. The van der Waals surface area contributed by atoms with Gasteiger partial charge in [-0.25, -0.2) is 0 Å². The first-order chi connectivity index (χ1) is 12.2. The Labute approximate surface area is 158 Å². The van der Waals surface area contributed by atoms with Crippen LogP contribution >= 0.6 is 0 Å². The molecule has 0 aliphatic heterocycles. The SMILES string of the molecule is C=CCCCCCCCN(CCCCCCCC)COCCN(C)C. The number of unbranched alkanes of at least 4 members (excludes halogenated alkanes) is 10. The normalized spacial score (nSPS) is 11.6. The van der Waals surface area contributed by atoms with Crippen molar-refractivity contribution < 1.29 is 4.74 Å². The number of likely N-dealkylation sites (N-methyl/N-ethyl adjacent to an activating group) is 1. The molecule has 0 saturated heterocycles. The van der Waals surface area contributed by atoms with Crippen LogP contribution in [0.1, 0.15) is 84.0 Å². The van der Waals surface area contributed by atoms with E-state index in [9.17, 15) is 0 Å². The van der Waals surface area contributed by atoms with Crippen LogP contribution in [0.5, 0.6) is 0 Å². The first-order valence-corrected chi connectivity index (χ1v) is 10.8. The highest BCUT2D eigenvalue weighted by molar-refractivity contribution is 4.65. The fraction of sp³-hybridized carbons (Fsp3) is 0.909. The second-order valence-electron chi connectivity index (χ2n) is 7.57. The molecule has 0 aliphatic rings. The summed E-state index contributed by atoms with van der Waals surface area (Å²) in [6, 6.07) is 0. The fourth-order valence-electron chi connectivity index (χ4n) is 2.95. The van der Waals surface area contributed by atoms with E-state index in [0.29, 0.717) is 0 Å². The molecule has 0 aliphatic carbocycles. The van der Waals surface area contributed by atoms with Gasteiger partial charge in [-0.1, -0.05) is 64.4 Å². The Balaban J connectivity index is 3.80. The third-order valence-electron chi connectivity index (χ3n) is 4.67. The second kappa shape index (κ2) is 19.9. The summed E-state index contributed by atoms with van der Waals surface area (Å²) in [5, 5.41) is 0. The molecule has 0 bridgehead atoms. The van der Waals surface area contributed by atoms with E-state index in [1.807, 2.05) is 6.08 Å². The van der Waals surface area contributed by atoms with Gasteiger partial charge in [-0.3, -0.25) is 4.90 Å². The average Bonchev–Trinajstić information content (AvgIpc) is 2.59. The van der Waals surface area contributed by atoms with Crippen LogP contribution in [-0.4, -0.2) is 56.9 Å². The third-order valence-corrected chi connectivity index (χ3v) is 4.67. The Morgan fingerprint density at radius 3 is 1.88 bits per heavy atom. The number of ether oxygens (including phenoxy) is 1. The van der Waals surface area contributed by atoms with Crippen LogP contribution in [0.2, 0.25) is 0 Å². The van der Waals surface area contributed by atoms with Crippen molar-refractivity contribution in [2.24, 2.45) is 0 Å². The number of hydrogen-bond donors (Lipinski definition) is 0. The van der Waals surface area contributed by atoms with Crippen LogP contribution < -0.4 is 0 Å². The van der Waals surface area contributed by atoms with Gasteiger partial charge in [0.15, 0.2) is 0 Å². The number of nitrogens with zero attached hydrogens (tertiary/aromatic N) is 2. The molecule has 0 aromatic heterocycles. The van der Waals surface area contributed by atoms with Crippen LogP contribution in [0.25, 0.3) is 0 Å². The largest absolute Gasteiger partial charge is 0.365 e. The molecular formula is C22H46N2O. The minimum Gasteiger partial charge on any atom is -0.365 e. The Morgan fingerprint density at radius 2 is 1.32 bits per heavy atom. The lowest BCUT2D eigenvalue weighted by atomic mass is 10.1. The van der Waals surface area contributed by atoms with E-state index in [1.165, 1.54) is 90.1 Å². The zero-order valence-corrected chi connectivity index (χ0v) is 17.6. The summed E-state index contributed by atoms with van der Waals surface area (Å²) in [5.41, 5.74) is 0. The maximum Gasteiger partial charge on any atom is 0.0990 e. The maximum atomic E-state index is 5.89. The summed E-state index contributed by atoms with van der Waals surface area (Å²) in [5.74, 6) is 0. The predicted molar refractivity (Wildman–Crippen MR) is 112 cm³/mol. The van der Waals surface area contributed by atoms with E-state index in [2.05, 4.69) is 37.4 Å². The minimum absolute atomic E-state index is 0.805. The summed E-state index contributed by atoms with van der Waals surface area (Å²) in [6.07, 6.45) is 18.1. The molecule has 0 heterocycles.